The molecule has 2 unspecified atom stereocenters. The highest BCUT2D eigenvalue weighted by Gasteiger charge is 2.45. The summed E-state index contributed by atoms with van der Waals surface area (Å²) in [6.07, 6.45) is 2.69. The molecule has 1 rings (SSSR count). The summed E-state index contributed by atoms with van der Waals surface area (Å²) in [7, 11) is 2.69. The Hall–Kier alpha value is -1.53. The molecule has 0 aromatic carbocycles. The van der Waals surface area contributed by atoms with E-state index in [1.165, 1.54) is 26.4 Å². The minimum Gasteiger partial charge on any atom is -0.498 e. The zero-order chi connectivity index (χ0) is 16.4. The Morgan fingerprint density at radius 2 is 1.95 bits per heavy atom. The average Bonchev–Trinajstić information content (AvgIpc) is 2.39. The Labute approximate surface area is 128 Å². The second-order valence-corrected chi connectivity index (χ2v) is 6.27. The van der Waals surface area contributed by atoms with E-state index in [2.05, 4.69) is 5.32 Å². The van der Waals surface area contributed by atoms with Crippen LogP contribution in [0.1, 0.15) is 20.8 Å². The van der Waals surface area contributed by atoms with Crippen molar-refractivity contribution in [1.29, 1.82) is 0 Å². The van der Waals surface area contributed by atoms with Crippen molar-refractivity contribution in [2.45, 2.75) is 31.9 Å². The predicted octanol–water partition coefficient (Wildman–Crippen LogP) is 1.65. The topological polar surface area (TPSA) is 84.9 Å². The summed E-state index contributed by atoms with van der Waals surface area (Å²) in [6, 6.07) is -0.947. The fourth-order valence-electron chi connectivity index (χ4n) is 1.81. The lowest BCUT2D eigenvalue weighted by Gasteiger charge is -2.37. The van der Waals surface area contributed by atoms with Gasteiger partial charge in [-0.25, -0.2) is 4.79 Å². The third kappa shape index (κ3) is 3.57. The van der Waals surface area contributed by atoms with Crippen LogP contribution in [0.5, 0.6) is 0 Å². The van der Waals surface area contributed by atoms with Crippen LogP contribution in [0.3, 0.4) is 0 Å². The molecule has 7 heteroatoms. The van der Waals surface area contributed by atoms with E-state index in [0.29, 0.717) is 0 Å². The van der Waals surface area contributed by atoms with Crippen LogP contribution in [0.15, 0.2) is 23.5 Å². The van der Waals surface area contributed by atoms with Crippen molar-refractivity contribution in [1.82, 2.24) is 5.32 Å². The number of aliphatic carboxylic acids is 1. The Morgan fingerprint density at radius 3 is 2.33 bits per heavy atom. The maximum absolute atomic E-state index is 12.2. The number of nitrogens with one attached hydrogen (secondary N) is 1. The summed E-state index contributed by atoms with van der Waals surface area (Å²) < 4.78 is 10.4. The molecule has 0 aromatic rings. The zero-order valence-corrected chi connectivity index (χ0v) is 13.4. The molecule has 2 N–H and O–H groups in total. The summed E-state index contributed by atoms with van der Waals surface area (Å²) in [5.41, 5.74) is -0.750. The van der Waals surface area contributed by atoms with Crippen LogP contribution in [0.4, 0.5) is 0 Å². The normalized spacial score (nSPS) is 25.7. The Bertz CT molecular complexity index is 506. The lowest BCUT2D eigenvalue weighted by molar-refractivity contribution is -0.133. The molecule has 1 amide bonds. The van der Waals surface area contributed by atoms with E-state index in [0.717, 1.165) is 0 Å². The quantitative estimate of drug-likeness (QED) is 0.770. The molecule has 1 aliphatic carbocycles. The van der Waals surface area contributed by atoms with Crippen molar-refractivity contribution < 1.29 is 24.2 Å². The van der Waals surface area contributed by atoms with Crippen molar-refractivity contribution in [2.75, 3.05) is 14.2 Å². The molecule has 0 saturated carbocycles. The molecule has 0 spiro atoms. The van der Waals surface area contributed by atoms with Gasteiger partial charge in [0, 0.05) is 12.5 Å². The first-order valence-electron chi connectivity index (χ1n) is 6.32. The number of carboxylic acid groups (broad SMARTS) is 1. The molecule has 0 bridgehead atoms. The van der Waals surface area contributed by atoms with E-state index in [1.807, 2.05) is 0 Å². The molecule has 0 fully saturated rings. The maximum Gasteiger partial charge on any atom is 0.339 e. The van der Waals surface area contributed by atoms with Crippen molar-refractivity contribution in [3.8, 4) is 0 Å². The molecule has 1 aliphatic rings. The van der Waals surface area contributed by atoms with Crippen molar-refractivity contribution in [3.63, 3.8) is 0 Å². The first kappa shape index (κ1) is 17.5. The van der Waals surface area contributed by atoms with Crippen molar-refractivity contribution in [2.24, 2.45) is 5.41 Å². The number of carbonyl (C=O) groups excluding carboxylic acids is 1. The number of ether oxygens (including phenoxy) is 2. The predicted molar refractivity (Wildman–Crippen MR) is 77.8 cm³/mol. The largest absolute Gasteiger partial charge is 0.498 e. The number of hydrogen-bond acceptors (Lipinski definition) is 4. The second kappa shape index (κ2) is 6.07. The first-order chi connectivity index (χ1) is 9.56. The van der Waals surface area contributed by atoms with Crippen LogP contribution >= 0.6 is 11.6 Å². The summed E-state index contributed by atoms with van der Waals surface area (Å²) >= 11 is 6.33. The van der Waals surface area contributed by atoms with E-state index >= 15 is 0 Å². The van der Waals surface area contributed by atoms with Crippen LogP contribution in [-0.4, -0.2) is 42.3 Å². The maximum atomic E-state index is 12.2. The van der Waals surface area contributed by atoms with Gasteiger partial charge in [-0.05, 0) is 12.2 Å². The van der Waals surface area contributed by atoms with Gasteiger partial charge in [0.05, 0.1) is 12.7 Å². The third-order valence-corrected chi connectivity index (χ3v) is 3.62. The van der Waals surface area contributed by atoms with Crippen molar-refractivity contribution in [3.05, 3.63) is 23.5 Å². The number of hydrogen-bond donors (Lipinski definition) is 2. The van der Waals surface area contributed by atoms with E-state index in [1.54, 1.807) is 20.8 Å². The van der Waals surface area contributed by atoms with Crippen LogP contribution in [0.25, 0.3) is 0 Å². The summed E-state index contributed by atoms with van der Waals surface area (Å²) in [6.45, 7) is 5.20. The van der Waals surface area contributed by atoms with Gasteiger partial charge in [0.2, 0.25) is 5.91 Å². The van der Waals surface area contributed by atoms with Crippen molar-refractivity contribution >= 4 is 23.5 Å². The summed E-state index contributed by atoms with van der Waals surface area (Å²) in [4.78, 5) is 23.5. The number of rotatable bonds is 4. The Morgan fingerprint density at radius 1 is 1.38 bits per heavy atom. The number of halogens is 1. The van der Waals surface area contributed by atoms with E-state index in [9.17, 15) is 14.7 Å². The van der Waals surface area contributed by atoms with Crippen LogP contribution < -0.4 is 5.32 Å². The third-order valence-electron chi connectivity index (χ3n) is 3.12. The molecular formula is C14H20ClNO5. The molecule has 0 aromatic heterocycles. The minimum atomic E-state index is -1.41. The van der Waals surface area contributed by atoms with Gasteiger partial charge in [0.1, 0.15) is 11.8 Å². The fraction of sp³-hybridized carbons (Fsp3) is 0.571. The number of alkyl halides is 1. The Balaban J connectivity index is 3.28. The highest BCUT2D eigenvalue weighted by molar-refractivity contribution is 6.25. The zero-order valence-electron chi connectivity index (χ0n) is 12.7. The van der Waals surface area contributed by atoms with Gasteiger partial charge >= 0.3 is 5.97 Å². The number of methoxy groups -OCH3 is 2. The summed E-state index contributed by atoms with van der Waals surface area (Å²) in [5, 5.41) is 10.5. The molecule has 0 aliphatic heterocycles. The molecular weight excluding hydrogens is 298 g/mol. The van der Waals surface area contributed by atoms with Gasteiger partial charge in [-0.1, -0.05) is 32.4 Å². The second-order valence-electron chi connectivity index (χ2n) is 5.68. The molecule has 0 radical (unpaired) electrons. The lowest BCUT2D eigenvalue weighted by atomic mass is 9.92. The van der Waals surface area contributed by atoms with E-state index < -0.39 is 22.5 Å². The Kier molecular flexibility index (Phi) is 5.07. The van der Waals surface area contributed by atoms with Gasteiger partial charge in [-0.15, -0.1) is 0 Å². The molecule has 21 heavy (non-hydrogen) atoms. The SMILES string of the molecule is COC1=C(C(=O)O)C=CC(Cl)(OC)C1NC(=O)C(C)(C)C. The smallest absolute Gasteiger partial charge is 0.339 e. The average molecular weight is 318 g/mol. The van der Waals surface area contributed by atoms with E-state index in [4.69, 9.17) is 21.1 Å². The lowest BCUT2D eigenvalue weighted by Crippen LogP contribution is -2.55. The highest BCUT2D eigenvalue weighted by atomic mass is 35.5. The first-order valence-corrected chi connectivity index (χ1v) is 6.70. The monoisotopic (exact) mass is 317 g/mol. The number of amides is 1. The molecule has 6 nitrogen and oxygen atoms in total. The molecule has 118 valence electrons. The standard InChI is InChI=1S/C14H20ClNO5/c1-13(2,3)12(19)16-10-9(20-4)8(11(17)18)6-7-14(10,15)21-5/h6-7,10H,1-5H3,(H,16,19)(H,17,18). The number of carbonyl (C=O) groups is 2. The molecule has 2 atom stereocenters. The minimum absolute atomic E-state index is 0.0412. The van der Waals surface area contributed by atoms with Gasteiger partial charge in [-0.2, -0.15) is 0 Å². The number of carboxylic acids is 1. The summed E-state index contributed by atoms with van der Waals surface area (Å²) in [5.74, 6) is -1.43. The van der Waals surface area contributed by atoms with Gasteiger partial charge in [-0.3, -0.25) is 4.79 Å². The van der Waals surface area contributed by atoms with Gasteiger partial charge in [0.25, 0.3) is 0 Å². The molecule has 0 heterocycles. The van der Waals surface area contributed by atoms with Crippen LogP contribution in [0.2, 0.25) is 0 Å². The highest BCUT2D eigenvalue weighted by Crippen LogP contribution is 2.35. The van der Waals surface area contributed by atoms with Gasteiger partial charge in [0.15, 0.2) is 5.06 Å². The van der Waals surface area contributed by atoms with Crippen LogP contribution in [-0.2, 0) is 19.1 Å². The fourth-order valence-corrected chi connectivity index (χ4v) is 2.03. The molecule has 0 saturated heterocycles. The van der Waals surface area contributed by atoms with Gasteiger partial charge < -0.3 is 19.9 Å². The van der Waals surface area contributed by atoms with E-state index in [-0.39, 0.29) is 17.2 Å². The van der Waals surface area contributed by atoms with Crippen LogP contribution in [0, 0.1) is 5.41 Å².